The van der Waals surface area contributed by atoms with Gasteiger partial charge in [-0.05, 0) is 29.8 Å². The van der Waals surface area contributed by atoms with E-state index in [1.165, 1.54) is 0 Å². The SMILES string of the molecule is CC.Cc1ccc(CC(=O)Nc2ncc(-c3ccc(N=O)cc3)nc2-c2ccccc2)cc1. The van der Waals surface area contributed by atoms with Crippen molar-refractivity contribution in [1.29, 1.82) is 0 Å². The molecule has 0 aliphatic heterocycles. The number of amides is 1. The molecule has 0 saturated heterocycles. The van der Waals surface area contributed by atoms with E-state index in [0.29, 0.717) is 22.9 Å². The van der Waals surface area contributed by atoms with Crippen molar-refractivity contribution in [3.05, 3.63) is 101 Å². The second-order valence-electron chi connectivity index (χ2n) is 7.17. The topological polar surface area (TPSA) is 84.3 Å². The number of nitroso groups, excluding NO2 is 1. The smallest absolute Gasteiger partial charge is 0.230 e. The number of carbonyl (C=O) groups excluding carboxylic acids is 1. The van der Waals surface area contributed by atoms with Gasteiger partial charge in [-0.3, -0.25) is 4.79 Å². The lowest BCUT2D eigenvalue weighted by Gasteiger charge is -2.12. The zero-order chi connectivity index (χ0) is 23.6. The summed E-state index contributed by atoms with van der Waals surface area (Å²) < 4.78 is 0. The Bertz CT molecular complexity index is 1210. The van der Waals surface area contributed by atoms with Crippen molar-refractivity contribution < 1.29 is 4.79 Å². The van der Waals surface area contributed by atoms with E-state index >= 15 is 0 Å². The van der Waals surface area contributed by atoms with E-state index in [9.17, 15) is 9.70 Å². The maximum atomic E-state index is 12.7. The first-order valence-corrected chi connectivity index (χ1v) is 10.8. The van der Waals surface area contributed by atoms with Gasteiger partial charge in [0, 0.05) is 11.1 Å². The number of aryl methyl sites for hydroxylation is 1. The lowest BCUT2D eigenvalue weighted by atomic mass is 10.1. The molecule has 166 valence electrons. The van der Waals surface area contributed by atoms with Crippen LogP contribution in [0.15, 0.2) is 90.2 Å². The summed E-state index contributed by atoms with van der Waals surface area (Å²) in [5, 5.41) is 5.82. The summed E-state index contributed by atoms with van der Waals surface area (Å²) in [7, 11) is 0. The molecule has 6 nitrogen and oxygen atoms in total. The van der Waals surface area contributed by atoms with E-state index in [1.54, 1.807) is 30.5 Å². The first kappa shape index (κ1) is 23.5. The standard InChI is InChI=1S/C25H20N4O2.C2H6/c1-17-7-9-18(10-8-17)15-23(30)28-25-24(20-5-3-2-4-6-20)27-22(16-26-25)19-11-13-21(29-31)14-12-19;1-2/h2-14,16H,15H2,1H3,(H,26,28,30);1-2H3. The lowest BCUT2D eigenvalue weighted by molar-refractivity contribution is -0.115. The molecule has 6 heteroatoms. The summed E-state index contributed by atoms with van der Waals surface area (Å²) in [5.41, 5.74) is 5.27. The van der Waals surface area contributed by atoms with E-state index in [-0.39, 0.29) is 12.3 Å². The molecular weight excluding hydrogens is 412 g/mol. The fourth-order valence-electron chi connectivity index (χ4n) is 3.18. The Morgan fingerprint density at radius 2 is 1.55 bits per heavy atom. The zero-order valence-corrected chi connectivity index (χ0v) is 18.9. The van der Waals surface area contributed by atoms with Gasteiger partial charge in [0.05, 0.1) is 18.3 Å². The van der Waals surface area contributed by atoms with Crippen LogP contribution >= 0.6 is 0 Å². The van der Waals surface area contributed by atoms with Gasteiger partial charge in [-0.15, -0.1) is 4.91 Å². The molecule has 1 heterocycles. The molecule has 0 aliphatic carbocycles. The number of benzene rings is 3. The van der Waals surface area contributed by atoms with Gasteiger partial charge in [-0.2, -0.15) is 0 Å². The summed E-state index contributed by atoms with van der Waals surface area (Å²) >= 11 is 0. The van der Waals surface area contributed by atoms with Crippen LogP contribution in [0.2, 0.25) is 0 Å². The lowest BCUT2D eigenvalue weighted by Crippen LogP contribution is -2.16. The normalized spacial score (nSPS) is 10.0. The Balaban J connectivity index is 0.00000149. The van der Waals surface area contributed by atoms with Crippen LogP contribution in [-0.4, -0.2) is 15.9 Å². The molecule has 0 atom stereocenters. The average molecular weight is 439 g/mol. The molecule has 33 heavy (non-hydrogen) atoms. The van der Waals surface area contributed by atoms with Crippen LogP contribution in [0, 0.1) is 11.8 Å². The molecule has 0 unspecified atom stereocenters. The van der Waals surface area contributed by atoms with Crippen molar-refractivity contribution in [2.24, 2.45) is 5.18 Å². The van der Waals surface area contributed by atoms with Crippen LogP contribution in [0.25, 0.3) is 22.5 Å². The van der Waals surface area contributed by atoms with Crippen molar-refractivity contribution in [2.45, 2.75) is 27.2 Å². The summed E-state index contributed by atoms with van der Waals surface area (Å²) in [6.45, 7) is 6.01. The highest BCUT2D eigenvalue weighted by Crippen LogP contribution is 2.28. The van der Waals surface area contributed by atoms with E-state index in [0.717, 1.165) is 22.3 Å². The predicted octanol–water partition coefficient (Wildman–Crippen LogP) is 6.72. The molecular formula is C27H26N4O2. The maximum absolute atomic E-state index is 12.7. The molecule has 1 aromatic heterocycles. The molecule has 3 aromatic carbocycles. The van der Waals surface area contributed by atoms with Crippen LogP contribution in [0.4, 0.5) is 11.5 Å². The van der Waals surface area contributed by atoms with Gasteiger partial charge in [0.25, 0.3) is 0 Å². The van der Waals surface area contributed by atoms with E-state index in [1.807, 2.05) is 75.4 Å². The molecule has 0 saturated carbocycles. The molecule has 0 fully saturated rings. The van der Waals surface area contributed by atoms with Crippen molar-refractivity contribution in [1.82, 2.24) is 9.97 Å². The van der Waals surface area contributed by atoms with Crippen LogP contribution in [-0.2, 0) is 11.2 Å². The molecule has 0 bridgehead atoms. The van der Waals surface area contributed by atoms with Crippen LogP contribution in [0.1, 0.15) is 25.0 Å². The third-order valence-corrected chi connectivity index (χ3v) is 4.83. The summed E-state index contributed by atoms with van der Waals surface area (Å²) in [6, 6.07) is 24.2. The summed E-state index contributed by atoms with van der Waals surface area (Å²) in [6.07, 6.45) is 1.86. The van der Waals surface area contributed by atoms with Gasteiger partial charge in [0.15, 0.2) is 5.82 Å². The van der Waals surface area contributed by atoms with Gasteiger partial charge in [-0.1, -0.05) is 86.1 Å². The highest BCUT2D eigenvalue weighted by molar-refractivity contribution is 5.94. The fraction of sp³-hybridized carbons (Fsp3) is 0.148. The van der Waals surface area contributed by atoms with Crippen LogP contribution in [0.5, 0.6) is 0 Å². The van der Waals surface area contributed by atoms with Crippen molar-refractivity contribution >= 4 is 17.4 Å². The largest absolute Gasteiger partial charge is 0.309 e. The maximum Gasteiger partial charge on any atom is 0.230 e. The molecule has 4 rings (SSSR count). The average Bonchev–Trinajstić information content (AvgIpc) is 2.87. The molecule has 1 N–H and O–H groups in total. The van der Waals surface area contributed by atoms with Gasteiger partial charge in [0.2, 0.25) is 5.91 Å². The van der Waals surface area contributed by atoms with Gasteiger partial charge in [-0.25, -0.2) is 9.97 Å². The Morgan fingerprint density at radius 1 is 0.879 bits per heavy atom. The van der Waals surface area contributed by atoms with Crippen molar-refractivity contribution in [3.63, 3.8) is 0 Å². The summed E-state index contributed by atoms with van der Waals surface area (Å²) in [5.74, 6) is 0.239. The molecule has 1 amide bonds. The first-order chi connectivity index (χ1) is 16.1. The fourth-order valence-corrected chi connectivity index (χ4v) is 3.18. The van der Waals surface area contributed by atoms with Crippen LogP contribution < -0.4 is 5.32 Å². The van der Waals surface area contributed by atoms with Crippen molar-refractivity contribution in [2.75, 3.05) is 5.32 Å². The number of nitrogens with zero attached hydrogens (tertiary/aromatic N) is 3. The number of anilines is 1. The molecule has 0 spiro atoms. The predicted molar refractivity (Wildman–Crippen MR) is 133 cm³/mol. The molecule has 0 aliphatic rings. The Kier molecular flexibility index (Phi) is 8.13. The first-order valence-electron chi connectivity index (χ1n) is 10.8. The highest BCUT2D eigenvalue weighted by atomic mass is 16.3. The van der Waals surface area contributed by atoms with Crippen LogP contribution in [0.3, 0.4) is 0 Å². The number of hydrogen-bond donors (Lipinski definition) is 1. The third kappa shape index (κ3) is 6.17. The van der Waals surface area contributed by atoms with Gasteiger partial charge < -0.3 is 5.32 Å². The molecule has 4 aromatic rings. The number of hydrogen-bond acceptors (Lipinski definition) is 5. The number of aromatic nitrogens is 2. The second-order valence-corrected chi connectivity index (χ2v) is 7.17. The molecule has 0 radical (unpaired) electrons. The van der Waals surface area contributed by atoms with E-state index in [4.69, 9.17) is 4.98 Å². The Hall–Kier alpha value is -4.19. The van der Waals surface area contributed by atoms with E-state index in [2.05, 4.69) is 15.5 Å². The zero-order valence-electron chi connectivity index (χ0n) is 18.9. The number of carbonyl (C=O) groups is 1. The minimum Gasteiger partial charge on any atom is -0.309 e. The van der Waals surface area contributed by atoms with Crippen molar-refractivity contribution in [3.8, 4) is 22.5 Å². The quantitative estimate of drug-likeness (QED) is 0.338. The minimum absolute atomic E-state index is 0.163. The number of nitrogens with one attached hydrogen (secondary N) is 1. The van der Waals surface area contributed by atoms with Gasteiger partial charge >= 0.3 is 0 Å². The monoisotopic (exact) mass is 438 g/mol. The summed E-state index contributed by atoms with van der Waals surface area (Å²) in [4.78, 5) is 32.6. The van der Waals surface area contributed by atoms with E-state index < -0.39 is 0 Å². The highest BCUT2D eigenvalue weighted by Gasteiger charge is 2.14. The number of rotatable bonds is 6. The Morgan fingerprint density at radius 3 is 2.18 bits per heavy atom. The third-order valence-electron chi connectivity index (χ3n) is 4.83. The minimum atomic E-state index is -0.163. The Labute approximate surface area is 193 Å². The second kappa shape index (κ2) is 11.4. The van der Waals surface area contributed by atoms with Gasteiger partial charge in [0.1, 0.15) is 11.4 Å².